The van der Waals surface area contributed by atoms with Gasteiger partial charge in [-0.25, -0.2) is 0 Å². The minimum Gasteiger partial charge on any atom is -0.497 e. The SMILES string of the molecule is CN=C(NCc1cccc(OCCCOC)c1)N(C)Cc1ccc(OC)cc1OC. The molecule has 0 saturated carbocycles. The van der Waals surface area contributed by atoms with Crippen LogP contribution in [-0.2, 0) is 17.8 Å². The lowest BCUT2D eigenvalue weighted by Crippen LogP contribution is -2.38. The number of hydrogen-bond acceptors (Lipinski definition) is 5. The second-order valence-electron chi connectivity index (χ2n) is 6.78. The first kappa shape index (κ1) is 23.3. The quantitative estimate of drug-likeness (QED) is 0.345. The van der Waals surface area contributed by atoms with Gasteiger partial charge in [-0.3, -0.25) is 4.99 Å². The van der Waals surface area contributed by atoms with Crippen molar-refractivity contribution >= 4 is 5.96 Å². The van der Waals surface area contributed by atoms with Crippen molar-refractivity contribution in [3.63, 3.8) is 0 Å². The summed E-state index contributed by atoms with van der Waals surface area (Å²) in [7, 11) is 8.77. The first-order chi connectivity index (χ1) is 14.6. The Morgan fingerprint density at radius 3 is 2.53 bits per heavy atom. The minimum atomic E-state index is 0.638. The van der Waals surface area contributed by atoms with Crippen LogP contribution in [0.4, 0.5) is 0 Å². The maximum absolute atomic E-state index is 5.78. The summed E-state index contributed by atoms with van der Waals surface area (Å²) in [5.41, 5.74) is 2.17. The van der Waals surface area contributed by atoms with E-state index in [2.05, 4.69) is 21.3 Å². The number of methoxy groups -OCH3 is 3. The Kier molecular flexibility index (Phi) is 9.80. The molecule has 0 radical (unpaired) electrons. The Labute approximate surface area is 179 Å². The fourth-order valence-corrected chi connectivity index (χ4v) is 3.02. The number of aliphatic imine (C=N–C) groups is 1. The van der Waals surface area contributed by atoms with Crippen molar-refractivity contribution in [2.24, 2.45) is 4.99 Å². The van der Waals surface area contributed by atoms with Crippen molar-refractivity contribution in [2.75, 3.05) is 48.6 Å². The Bertz CT molecular complexity index is 811. The van der Waals surface area contributed by atoms with Crippen molar-refractivity contribution in [1.82, 2.24) is 10.2 Å². The summed E-state index contributed by atoms with van der Waals surface area (Å²) < 4.78 is 21.6. The van der Waals surface area contributed by atoms with Crippen LogP contribution >= 0.6 is 0 Å². The van der Waals surface area contributed by atoms with E-state index in [1.54, 1.807) is 28.4 Å². The summed E-state index contributed by atoms with van der Waals surface area (Å²) in [5.74, 6) is 3.20. The molecule has 1 N–H and O–H groups in total. The van der Waals surface area contributed by atoms with Gasteiger partial charge in [0, 0.05) is 59.0 Å². The Balaban J connectivity index is 1.94. The number of benzene rings is 2. The van der Waals surface area contributed by atoms with E-state index < -0.39 is 0 Å². The lowest BCUT2D eigenvalue weighted by molar-refractivity contribution is 0.172. The maximum atomic E-state index is 5.78. The molecule has 0 saturated heterocycles. The van der Waals surface area contributed by atoms with Crippen LogP contribution in [-0.4, -0.2) is 59.5 Å². The molecule has 0 aromatic heterocycles. The summed E-state index contributed by atoms with van der Waals surface area (Å²) >= 11 is 0. The first-order valence-corrected chi connectivity index (χ1v) is 9.94. The van der Waals surface area contributed by atoms with Crippen LogP contribution in [0, 0.1) is 0 Å². The van der Waals surface area contributed by atoms with Gasteiger partial charge >= 0.3 is 0 Å². The van der Waals surface area contributed by atoms with Crippen molar-refractivity contribution < 1.29 is 18.9 Å². The highest BCUT2D eigenvalue weighted by atomic mass is 16.5. The number of guanidine groups is 1. The predicted molar refractivity (Wildman–Crippen MR) is 120 cm³/mol. The van der Waals surface area contributed by atoms with Gasteiger partial charge in [-0.2, -0.15) is 0 Å². The molecule has 2 rings (SSSR count). The topological polar surface area (TPSA) is 64.6 Å². The third kappa shape index (κ3) is 7.15. The lowest BCUT2D eigenvalue weighted by atomic mass is 10.2. The van der Waals surface area contributed by atoms with Crippen LogP contribution in [0.25, 0.3) is 0 Å². The van der Waals surface area contributed by atoms with Crippen molar-refractivity contribution in [2.45, 2.75) is 19.5 Å². The van der Waals surface area contributed by atoms with Gasteiger partial charge in [0.25, 0.3) is 0 Å². The molecule has 0 unspecified atom stereocenters. The number of nitrogens with zero attached hydrogens (tertiary/aromatic N) is 2. The Hall–Kier alpha value is -2.93. The number of nitrogens with one attached hydrogen (secondary N) is 1. The summed E-state index contributed by atoms with van der Waals surface area (Å²) in [5, 5.41) is 3.40. The van der Waals surface area contributed by atoms with Gasteiger partial charge < -0.3 is 29.2 Å². The van der Waals surface area contributed by atoms with Gasteiger partial charge in [-0.05, 0) is 29.8 Å². The molecule has 164 valence electrons. The molecule has 2 aromatic carbocycles. The summed E-state index contributed by atoms with van der Waals surface area (Å²) in [6.07, 6.45) is 0.866. The maximum Gasteiger partial charge on any atom is 0.193 e. The molecule has 0 atom stereocenters. The molecule has 7 nitrogen and oxygen atoms in total. The zero-order valence-corrected chi connectivity index (χ0v) is 18.6. The molecule has 0 spiro atoms. The average Bonchev–Trinajstić information content (AvgIpc) is 2.77. The van der Waals surface area contributed by atoms with Crippen LogP contribution in [0.1, 0.15) is 17.5 Å². The Morgan fingerprint density at radius 1 is 1.00 bits per heavy atom. The van der Waals surface area contributed by atoms with Crippen molar-refractivity contribution in [3.05, 3.63) is 53.6 Å². The van der Waals surface area contributed by atoms with E-state index in [1.807, 2.05) is 43.4 Å². The Morgan fingerprint density at radius 2 is 1.83 bits per heavy atom. The molecular weight excluding hydrogens is 382 g/mol. The summed E-state index contributed by atoms with van der Waals surface area (Å²) in [6.45, 7) is 2.63. The smallest absolute Gasteiger partial charge is 0.193 e. The van der Waals surface area contributed by atoms with Crippen LogP contribution in [0.5, 0.6) is 17.2 Å². The second-order valence-corrected chi connectivity index (χ2v) is 6.78. The third-order valence-electron chi connectivity index (χ3n) is 4.59. The van der Waals surface area contributed by atoms with Gasteiger partial charge in [-0.1, -0.05) is 12.1 Å². The highest BCUT2D eigenvalue weighted by Crippen LogP contribution is 2.25. The van der Waals surface area contributed by atoms with Gasteiger partial charge in [-0.15, -0.1) is 0 Å². The number of hydrogen-bond donors (Lipinski definition) is 1. The molecule has 0 amide bonds. The lowest BCUT2D eigenvalue weighted by Gasteiger charge is -2.23. The van der Waals surface area contributed by atoms with Crippen LogP contribution in [0.2, 0.25) is 0 Å². The molecule has 0 aliphatic rings. The second kappa shape index (κ2) is 12.6. The van der Waals surface area contributed by atoms with Gasteiger partial charge in [0.15, 0.2) is 5.96 Å². The van der Waals surface area contributed by atoms with E-state index in [1.165, 1.54) is 0 Å². The van der Waals surface area contributed by atoms with Crippen molar-refractivity contribution in [3.8, 4) is 17.2 Å². The molecule has 0 fully saturated rings. The van der Waals surface area contributed by atoms with Crippen molar-refractivity contribution in [1.29, 1.82) is 0 Å². The van der Waals surface area contributed by atoms with Crippen LogP contribution < -0.4 is 19.5 Å². The third-order valence-corrected chi connectivity index (χ3v) is 4.59. The largest absolute Gasteiger partial charge is 0.497 e. The zero-order valence-electron chi connectivity index (χ0n) is 18.6. The van der Waals surface area contributed by atoms with E-state index in [4.69, 9.17) is 18.9 Å². The van der Waals surface area contributed by atoms with E-state index in [9.17, 15) is 0 Å². The molecule has 0 bridgehead atoms. The van der Waals surface area contributed by atoms with Crippen LogP contribution in [0.3, 0.4) is 0 Å². The number of rotatable bonds is 11. The van der Waals surface area contributed by atoms with E-state index in [-0.39, 0.29) is 0 Å². The van der Waals surface area contributed by atoms with E-state index in [0.717, 1.165) is 40.8 Å². The van der Waals surface area contributed by atoms with E-state index in [0.29, 0.717) is 26.3 Å². The van der Waals surface area contributed by atoms with Gasteiger partial charge in [0.1, 0.15) is 17.2 Å². The highest BCUT2D eigenvalue weighted by Gasteiger charge is 2.11. The first-order valence-electron chi connectivity index (χ1n) is 9.94. The normalized spacial score (nSPS) is 11.2. The number of ether oxygens (including phenoxy) is 4. The molecular formula is C23H33N3O4. The fraction of sp³-hybridized carbons (Fsp3) is 0.435. The molecule has 7 heteroatoms. The summed E-state index contributed by atoms with van der Waals surface area (Å²) in [4.78, 5) is 6.45. The molecule has 0 aliphatic heterocycles. The highest BCUT2D eigenvalue weighted by molar-refractivity contribution is 5.79. The summed E-state index contributed by atoms with van der Waals surface area (Å²) in [6, 6.07) is 13.9. The fourth-order valence-electron chi connectivity index (χ4n) is 3.02. The average molecular weight is 416 g/mol. The van der Waals surface area contributed by atoms with Gasteiger partial charge in [0.2, 0.25) is 0 Å². The minimum absolute atomic E-state index is 0.638. The molecule has 2 aromatic rings. The van der Waals surface area contributed by atoms with Gasteiger partial charge in [0.05, 0.1) is 20.8 Å². The molecule has 0 aliphatic carbocycles. The van der Waals surface area contributed by atoms with Crippen LogP contribution in [0.15, 0.2) is 47.5 Å². The molecule has 30 heavy (non-hydrogen) atoms. The predicted octanol–water partition coefficient (Wildman–Crippen LogP) is 3.33. The standard InChI is InChI=1S/C23H33N3O4/c1-24-23(26(2)17-19-10-11-20(28-4)15-22(19)29-5)25-16-18-8-6-9-21(14-18)30-13-7-12-27-3/h6,8-11,14-15H,7,12-13,16-17H2,1-5H3,(H,24,25). The monoisotopic (exact) mass is 415 g/mol. The van der Waals surface area contributed by atoms with E-state index >= 15 is 0 Å². The molecule has 0 heterocycles. The zero-order chi connectivity index (χ0) is 21.8.